The topological polar surface area (TPSA) is 45.8 Å². The van der Waals surface area contributed by atoms with Gasteiger partial charge in [-0.3, -0.25) is 4.79 Å². The summed E-state index contributed by atoms with van der Waals surface area (Å²) in [6.07, 6.45) is 1.41. The Morgan fingerprint density at radius 2 is 1.93 bits per heavy atom. The van der Waals surface area contributed by atoms with Crippen LogP contribution in [0.5, 0.6) is 0 Å². The predicted molar refractivity (Wildman–Crippen MR) is 63.0 cm³/mol. The van der Waals surface area contributed by atoms with Gasteiger partial charge in [-0.1, -0.05) is 12.1 Å². The molecule has 1 aromatic heterocycles. The third kappa shape index (κ3) is 2.01. The second-order valence-corrected chi connectivity index (χ2v) is 4.05. The molecular weight excluding hydrogens is 291 g/mol. The van der Waals surface area contributed by atoms with Crippen LogP contribution in [0.25, 0.3) is 11.3 Å². The fourth-order valence-corrected chi connectivity index (χ4v) is 1.51. The van der Waals surface area contributed by atoms with Gasteiger partial charge in [0.05, 0.1) is 12.0 Å². The number of benzene rings is 1. The number of H-pyrrole nitrogens is 1. The van der Waals surface area contributed by atoms with Gasteiger partial charge in [-0.05, 0) is 34.7 Å². The lowest BCUT2D eigenvalue weighted by atomic mass is 10.1. The van der Waals surface area contributed by atoms with Crippen LogP contribution in [0.1, 0.15) is 0 Å². The van der Waals surface area contributed by atoms with Crippen molar-refractivity contribution in [2.45, 2.75) is 0 Å². The summed E-state index contributed by atoms with van der Waals surface area (Å²) in [5.41, 5.74) is 1.52. The van der Waals surface area contributed by atoms with E-state index in [-0.39, 0.29) is 5.56 Å². The Bertz CT molecular complexity index is 490. The van der Waals surface area contributed by atoms with Gasteiger partial charge in [0.15, 0.2) is 0 Å². The van der Waals surface area contributed by atoms with Gasteiger partial charge in [-0.2, -0.15) is 0 Å². The van der Waals surface area contributed by atoms with E-state index in [0.717, 1.165) is 9.13 Å². The first-order valence-corrected chi connectivity index (χ1v) is 5.14. The van der Waals surface area contributed by atoms with Crippen LogP contribution >= 0.6 is 22.6 Å². The molecule has 0 fully saturated rings. The average molecular weight is 298 g/mol. The van der Waals surface area contributed by atoms with Crippen molar-refractivity contribution in [1.29, 1.82) is 0 Å². The lowest BCUT2D eigenvalue weighted by Crippen LogP contribution is -2.04. The first-order chi connectivity index (χ1) is 6.75. The highest BCUT2D eigenvalue weighted by atomic mass is 127. The maximum atomic E-state index is 11.0. The summed E-state index contributed by atoms with van der Waals surface area (Å²) in [4.78, 5) is 17.6. The van der Waals surface area contributed by atoms with Crippen molar-refractivity contribution >= 4 is 22.6 Å². The molecule has 14 heavy (non-hydrogen) atoms. The summed E-state index contributed by atoms with van der Waals surface area (Å²) >= 11 is 2.23. The molecule has 2 aromatic rings. The number of hydrogen-bond acceptors (Lipinski definition) is 2. The molecule has 0 saturated carbocycles. The molecule has 70 valence electrons. The number of nitrogens with one attached hydrogen (secondary N) is 1. The van der Waals surface area contributed by atoms with E-state index in [4.69, 9.17) is 0 Å². The fraction of sp³-hybridized carbons (Fsp3) is 0. The number of rotatable bonds is 1. The van der Waals surface area contributed by atoms with E-state index < -0.39 is 0 Å². The normalized spacial score (nSPS) is 10.1. The first-order valence-electron chi connectivity index (χ1n) is 4.06. The van der Waals surface area contributed by atoms with Crippen molar-refractivity contribution < 1.29 is 0 Å². The second kappa shape index (κ2) is 3.91. The van der Waals surface area contributed by atoms with E-state index in [0.29, 0.717) is 5.69 Å². The largest absolute Gasteiger partial charge is 0.313 e. The van der Waals surface area contributed by atoms with Gasteiger partial charge < -0.3 is 4.98 Å². The molecule has 0 amide bonds. The summed E-state index contributed by atoms with van der Waals surface area (Å²) in [5, 5.41) is 0. The number of nitrogens with zero attached hydrogens (tertiary/aromatic N) is 1. The van der Waals surface area contributed by atoms with E-state index in [1.54, 1.807) is 0 Å². The van der Waals surface area contributed by atoms with Crippen molar-refractivity contribution in [3.05, 3.63) is 50.6 Å². The summed E-state index contributed by atoms with van der Waals surface area (Å²) in [6, 6.07) is 9.35. The molecule has 0 unspecified atom stereocenters. The average Bonchev–Trinajstić information content (AvgIpc) is 2.19. The summed E-state index contributed by atoms with van der Waals surface area (Å²) in [6.45, 7) is 0. The van der Waals surface area contributed by atoms with Crippen LogP contribution in [0.2, 0.25) is 0 Å². The van der Waals surface area contributed by atoms with Gasteiger partial charge in [0.2, 0.25) is 0 Å². The maximum Gasteiger partial charge on any atom is 0.251 e. The minimum absolute atomic E-state index is 0.131. The molecule has 0 bridgehead atoms. The Labute approximate surface area is 94.4 Å². The van der Waals surface area contributed by atoms with Crippen LogP contribution in [0, 0.1) is 3.57 Å². The highest BCUT2D eigenvalue weighted by Crippen LogP contribution is 2.15. The molecule has 0 aliphatic rings. The number of halogens is 1. The molecule has 0 spiro atoms. The zero-order valence-corrected chi connectivity index (χ0v) is 9.36. The molecule has 0 atom stereocenters. The smallest absolute Gasteiger partial charge is 0.251 e. The Kier molecular flexibility index (Phi) is 2.62. The van der Waals surface area contributed by atoms with Crippen molar-refractivity contribution in [3.63, 3.8) is 0 Å². The monoisotopic (exact) mass is 298 g/mol. The Hall–Kier alpha value is -1.17. The summed E-state index contributed by atoms with van der Waals surface area (Å²) in [5.74, 6) is 0. The van der Waals surface area contributed by atoms with E-state index in [9.17, 15) is 4.79 Å². The third-order valence-electron chi connectivity index (χ3n) is 1.82. The van der Waals surface area contributed by atoms with Gasteiger partial charge in [-0.15, -0.1) is 0 Å². The zero-order valence-electron chi connectivity index (χ0n) is 7.20. The summed E-state index contributed by atoms with van der Waals surface area (Å²) < 4.78 is 1.16. The Morgan fingerprint density at radius 1 is 1.21 bits per heavy atom. The number of aromatic amines is 1. The van der Waals surface area contributed by atoms with Gasteiger partial charge in [0.25, 0.3) is 5.56 Å². The van der Waals surface area contributed by atoms with E-state index in [1.165, 1.54) is 12.4 Å². The van der Waals surface area contributed by atoms with Crippen LogP contribution in [0.4, 0.5) is 0 Å². The molecular formula is C10H7IN2O. The molecule has 3 nitrogen and oxygen atoms in total. The van der Waals surface area contributed by atoms with Crippen LogP contribution < -0.4 is 5.56 Å². The van der Waals surface area contributed by atoms with Gasteiger partial charge in [0, 0.05) is 15.2 Å². The van der Waals surface area contributed by atoms with E-state index in [2.05, 4.69) is 32.6 Å². The molecule has 1 heterocycles. The predicted octanol–water partition coefficient (Wildman–Crippen LogP) is 2.04. The molecule has 1 aromatic carbocycles. The molecule has 0 aliphatic carbocycles. The highest BCUT2D eigenvalue weighted by molar-refractivity contribution is 14.1. The quantitative estimate of drug-likeness (QED) is 0.819. The summed E-state index contributed by atoms with van der Waals surface area (Å²) in [7, 11) is 0. The molecule has 0 aliphatic heterocycles. The molecule has 0 radical (unpaired) electrons. The third-order valence-corrected chi connectivity index (χ3v) is 2.54. The highest BCUT2D eigenvalue weighted by Gasteiger charge is 1.98. The SMILES string of the molecule is O=c1cc(-c2ccc(I)cc2)nc[nH]1. The Morgan fingerprint density at radius 3 is 2.57 bits per heavy atom. The minimum atomic E-state index is -0.131. The van der Waals surface area contributed by atoms with Crippen LogP contribution in [-0.2, 0) is 0 Å². The Balaban J connectivity index is 2.50. The number of aromatic nitrogens is 2. The minimum Gasteiger partial charge on any atom is -0.313 e. The van der Waals surface area contributed by atoms with Crippen molar-refractivity contribution in [1.82, 2.24) is 9.97 Å². The van der Waals surface area contributed by atoms with Crippen molar-refractivity contribution in [3.8, 4) is 11.3 Å². The number of hydrogen-bond donors (Lipinski definition) is 1. The van der Waals surface area contributed by atoms with Crippen LogP contribution in [-0.4, -0.2) is 9.97 Å². The lowest BCUT2D eigenvalue weighted by molar-refractivity contribution is 1.12. The molecule has 0 saturated heterocycles. The molecule has 1 N–H and O–H groups in total. The molecule has 4 heteroatoms. The second-order valence-electron chi connectivity index (χ2n) is 2.80. The van der Waals surface area contributed by atoms with Gasteiger partial charge in [0.1, 0.15) is 0 Å². The van der Waals surface area contributed by atoms with Gasteiger partial charge in [-0.25, -0.2) is 4.98 Å². The van der Waals surface area contributed by atoms with Crippen molar-refractivity contribution in [2.24, 2.45) is 0 Å². The first kappa shape index (κ1) is 9.39. The standard InChI is InChI=1S/C10H7IN2O/c11-8-3-1-7(2-4-8)9-5-10(14)13-6-12-9/h1-6H,(H,12,13,14). The van der Waals surface area contributed by atoms with E-state index in [1.807, 2.05) is 24.3 Å². The maximum absolute atomic E-state index is 11.0. The van der Waals surface area contributed by atoms with Crippen LogP contribution in [0.15, 0.2) is 41.5 Å². The zero-order chi connectivity index (χ0) is 9.97. The lowest BCUT2D eigenvalue weighted by Gasteiger charge is -1.98. The molecule has 2 rings (SSSR count). The van der Waals surface area contributed by atoms with E-state index >= 15 is 0 Å². The fourth-order valence-electron chi connectivity index (χ4n) is 1.15. The van der Waals surface area contributed by atoms with Crippen LogP contribution in [0.3, 0.4) is 0 Å². The van der Waals surface area contributed by atoms with Crippen molar-refractivity contribution in [2.75, 3.05) is 0 Å². The van der Waals surface area contributed by atoms with Gasteiger partial charge >= 0.3 is 0 Å².